The summed E-state index contributed by atoms with van der Waals surface area (Å²) in [5, 5.41) is 0.933. The van der Waals surface area contributed by atoms with Crippen molar-refractivity contribution in [2.75, 3.05) is 11.5 Å². The third kappa shape index (κ3) is 2.11. The molecule has 3 aromatic rings. The Balaban J connectivity index is 1.92. The zero-order valence-electron chi connectivity index (χ0n) is 11.7. The van der Waals surface area contributed by atoms with Crippen LogP contribution in [-0.2, 0) is 6.54 Å². The first kappa shape index (κ1) is 12.2. The van der Waals surface area contributed by atoms with Crippen molar-refractivity contribution >= 4 is 22.5 Å². The van der Waals surface area contributed by atoms with E-state index >= 15 is 0 Å². The second-order valence-corrected chi connectivity index (χ2v) is 5.72. The number of nitrogens with zero attached hydrogens (tertiary/aromatic N) is 3. The van der Waals surface area contributed by atoms with Gasteiger partial charge in [0.15, 0.2) is 0 Å². The molecule has 4 N–H and O–H groups in total. The van der Waals surface area contributed by atoms with Crippen LogP contribution in [0.25, 0.3) is 22.2 Å². The van der Waals surface area contributed by atoms with Crippen LogP contribution in [0.4, 0.5) is 11.5 Å². The van der Waals surface area contributed by atoms with Crippen molar-refractivity contribution in [3.05, 3.63) is 36.8 Å². The van der Waals surface area contributed by atoms with Crippen LogP contribution < -0.4 is 11.5 Å². The van der Waals surface area contributed by atoms with Gasteiger partial charge in [-0.3, -0.25) is 0 Å². The Labute approximate surface area is 122 Å². The van der Waals surface area contributed by atoms with Crippen LogP contribution >= 0.6 is 0 Å². The van der Waals surface area contributed by atoms with Gasteiger partial charge < -0.3 is 16.0 Å². The van der Waals surface area contributed by atoms with E-state index in [0.29, 0.717) is 5.82 Å². The maximum Gasteiger partial charge on any atom is 0.146 e. The van der Waals surface area contributed by atoms with Crippen LogP contribution in [0.15, 0.2) is 36.8 Å². The van der Waals surface area contributed by atoms with E-state index in [2.05, 4.69) is 20.7 Å². The minimum absolute atomic E-state index is 0.529. The largest absolute Gasteiger partial charge is 0.399 e. The number of hydrogen-bond acceptors (Lipinski definition) is 4. The number of aromatic nitrogens is 3. The molecule has 2 heterocycles. The minimum atomic E-state index is 0.529. The highest BCUT2D eigenvalue weighted by Crippen LogP contribution is 2.36. The minimum Gasteiger partial charge on any atom is -0.399 e. The fraction of sp³-hybridized carbons (Fsp3) is 0.250. The van der Waals surface area contributed by atoms with E-state index in [1.165, 1.54) is 19.2 Å². The van der Waals surface area contributed by atoms with Crippen LogP contribution in [0, 0.1) is 5.92 Å². The van der Waals surface area contributed by atoms with E-state index in [1.807, 2.05) is 24.3 Å². The summed E-state index contributed by atoms with van der Waals surface area (Å²) in [6.07, 6.45) is 6.28. The van der Waals surface area contributed by atoms with E-state index in [-0.39, 0.29) is 0 Å². The average Bonchev–Trinajstić information content (AvgIpc) is 3.21. The van der Waals surface area contributed by atoms with Crippen molar-refractivity contribution in [3.63, 3.8) is 0 Å². The van der Waals surface area contributed by atoms with Gasteiger partial charge in [0, 0.05) is 24.0 Å². The normalized spacial score (nSPS) is 14.7. The van der Waals surface area contributed by atoms with Crippen molar-refractivity contribution in [3.8, 4) is 11.1 Å². The summed E-state index contributed by atoms with van der Waals surface area (Å²) in [6, 6.07) is 7.83. The number of nitrogen functional groups attached to an aromatic ring is 2. The molecular formula is C16H17N5. The van der Waals surface area contributed by atoms with Gasteiger partial charge in [0.25, 0.3) is 0 Å². The van der Waals surface area contributed by atoms with Crippen molar-refractivity contribution in [2.24, 2.45) is 5.92 Å². The summed E-state index contributed by atoms with van der Waals surface area (Å²) in [5.74, 6) is 1.30. The van der Waals surface area contributed by atoms with E-state index in [1.54, 1.807) is 0 Å². The molecule has 21 heavy (non-hydrogen) atoms. The smallest absolute Gasteiger partial charge is 0.146 e. The number of benzene rings is 1. The molecule has 1 aliphatic rings. The lowest BCUT2D eigenvalue weighted by atomic mass is 10.1. The summed E-state index contributed by atoms with van der Waals surface area (Å²) in [6.45, 7) is 1.00. The number of anilines is 2. The predicted molar refractivity (Wildman–Crippen MR) is 84.5 cm³/mol. The molecule has 2 aromatic heterocycles. The highest BCUT2D eigenvalue weighted by atomic mass is 15.1. The van der Waals surface area contributed by atoms with Gasteiger partial charge in [-0.15, -0.1) is 0 Å². The molecule has 0 radical (unpaired) electrons. The zero-order chi connectivity index (χ0) is 14.4. The Morgan fingerprint density at radius 1 is 1.10 bits per heavy atom. The van der Waals surface area contributed by atoms with Crippen LogP contribution in [0.2, 0.25) is 0 Å². The first-order valence-electron chi connectivity index (χ1n) is 7.17. The lowest BCUT2D eigenvalue weighted by molar-refractivity contribution is 0.643. The molecule has 1 aromatic carbocycles. The third-order valence-electron chi connectivity index (χ3n) is 4.06. The monoisotopic (exact) mass is 279 g/mol. The van der Waals surface area contributed by atoms with Gasteiger partial charge in [-0.05, 0) is 36.5 Å². The van der Waals surface area contributed by atoms with Crippen molar-refractivity contribution in [2.45, 2.75) is 19.4 Å². The highest BCUT2D eigenvalue weighted by Gasteiger charge is 2.24. The molecule has 0 atom stereocenters. The lowest BCUT2D eigenvalue weighted by Gasteiger charge is -2.02. The summed E-state index contributed by atoms with van der Waals surface area (Å²) in [5.41, 5.74) is 15.7. The number of fused-ring (bicyclic) bond motifs is 1. The van der Waals surface area contributed by atoms with Gasteiger partial charge in [0.05, 0.1) is 5.39 Å². The summed E-state index contributed by atoms with van der Waals surface area (Å²) < 4.78 is 2.21. The molecule has 0 unspecified atom stereocenters. The Morgan fingerprint density at radius 2 is 1.86 bits per heavy atom. The second kappa shape index (κ2) is 4.48. The Bertz CT molecular complexity index is 799. The van der Waals surface area contributed by atoms with Gasteiger partial charge in [0.1, 0.15) is 17.8 Å². The lowest BCUT2D eigenvalue weighted by Crippen LogP contribution is -2.00. The molecule has 1 fully saturated rings. The molecule has 106 valence electrons. The Morgan fingerprint density at radius 3 is 2.57 bits per heavy atom. The van der Waals surface area contributed by atoms with Gasteiger partial charge in [-0.2, -0.15) is 0 Å². The SMILES string of the molecule is Nc1ccc(-c2cn(CC3CC3)c3ncnc(N)c23)cc1. The van der Waals surface area contributed by atoms with E-state index < -0.39 is 0 Å². The maximum absolute atomic E-state index is 6.09. The Kier molecular flexibility index (Phi) is 2.60. The fourth-order valence-electron chi connectivity index (χ4n) is 2.75. The van der Waals surface area contributed by atoms with Crippen molar-refractivity contribution in [1.29, 1.82) is 0 Å². The van der Waals surface area contributed by atoms with Crippen LogP contribution in [0.3, 0.4) is 0 Å². The van der Waals surface area contributed by atoms with E-state index in [0.717, 1.165) is 40.3 Å². The molecule has 5 nitrogen and oxygen atoms in total. The maximum atomic E-state index is 6.09. The van der Waals surface area contributed by atoms with Crippen molar-refractivity contribution < 1.29 is 0 Å². The summed E-state index contributed by atoms with van der Waals surface area (Å²) in [4.78, 5) is 8.58. The van der Waals surface area contributed by atoms with Crippen molar-refractivity contribution in [1.82, 2.24) is 14.5 Å². The summed E-state index contributed by atoms with van der Waals surface area (Å²) in [7, 11) is 0. The van der Waals surface area contributed by atoms with Gasteiger partial charge in [-0.1, -0.05) is 12.1 Å². The molecular weight excluding hydrogens is 262 g/mol. The molecule has 1 saturated carbocycles. The molecule has 0 bridgehead atoms. The zero-order valence-corrected chi connectivity index (χ0v) is 11.7. The quantitative estimate of drug-likeness (QED) is 0.722. The number of rotatable bonds is 3. The fourth-order valence-corrected chi connectivity index (χ4v) is 2.75. The molecule has 0 amide bonds. The molecule has 0 aliphatic heterocycles. The third-order valence-corrected chi connectivity index (χ3v) is 4.06. The van der Waals surface area contributed by atoms with E-state index in [9.17, 15) is 0 Å². The second-order valence-electron chi connectivity index (χ2n) is 5.72. The summed E-state index contributed by atoms with van der Waals surface area (Å²) >= 11 is 0. The first-order chi connectivity index (χ1) is 10.2. The van der Waals surface area contributed by atoms with Crippen LogP contribution in [-0.4, -0.2) is 14.5 Å². The first-order valence-corrected chi connectivity index (χ1v) is 7.17. The standard InChI is InChI=1S/C16H17N5/c17-12-5-3-11(4-6-12)13-8-21(7-10-1-2-10)16-14(13)15(18)19-9-20-16/h3-6,8-10H,1-2,7,17H2,(H2,18,19,20). The number of nitrogens with two attached hydrogens (primary N) is 2. The molecule has 1 aliphatic carbocycles. The van der Waals surface area contributed by atoms with Gasteiger partial charge in [-0.25, -0.2) is 9.97 Å². The van der Waals surface area contributed by atoms with Gasteiger partial charge >= 0.3 is 0 Å². The number of hydrogen-bond donors (Lipinski definition) is 2. The van der Waals surface area contributed by atoms with Crippen LogP contribution in [0.1, 0.15) is 12.8 Å². The average molecular weight is 279 g/mol. The van der Waals surface area contributed by atoms with Gasteiger partial charge in [0.2, 0.25) is 0 Å². The molecule has 0 spiro atoms. The molecule has 4 rings (SSSR count). The van der Waals surface area contributed by atoms with E-state index in [4.69, 9.17) is 11.5 Å². The topological polar surface area (TPSA) is 82.8 Å². The molecule has 0 saturated heterocycles. The highest BCUT2D eigenvalue weighted by molar-refractivity contribution is 6.00. The van der Waals surface area contributed by atoms with Crippen LogP contribution in [0.5, 0.6) is 0 Å². The molecule has 5 heteroatoms. The predicted octanol–water partition coefficient (Wildman–Crippen LogP) is 2.67. The Hall–Kier alpha value is -2.56.